The highest BCUT2D eigenvalue weighted by molar-refractivity contribution is 5.99. The molecule has 4 nitrogen and oxygen atoms in total. The van der Waals surface area contributed by atoms with Gasteiger partial charge in [0, 0.05) is 47.8 Å². The van der Waals surface area contributed by atoms with Crippen molar-refractivity contribution in [1.82, 2.24) is 9.47 Å². The van der Waals surface area contributed by atoms with Gasteiger partial charge in [-0.25, -0.2) is 0 Å². The van der Waals surface area contributed by atoms with Gasteiger partial charge in [0.15, 0.2) is 0 Å². The minimum Gasteiger partial charge on any atom is -0.399 e. The fourth-order valence-corrected chi connectivity index (χ4v) is 5.09. The van der Waals surface area contributed by atoms with Crippen LogP contribution in [0.5, 0.6) is 0 Å². The maximum atomic E-state index is 4.90. The average molecular weight is 380 g/mol. The zero-order valence-corrected chi connectivity index (χ0v) is 17.5. The van der Waals surface area contributed by atoms with Gasteiger partial charge in [0.1, 0.15) is 7.11 Å². The summed E-state index contributed by atoms with van der Waals surface area (Å²) in [5, 5.41) is 5.25. The smallest absolute Gasteiger partial charge is 0.106 e. The molecule has 1 saturated carbocycles. The van der Waals surface area contributed by atoms with E-state index in [1.807, 2.05) is 6.21 Å². The molecule has 0 atom stereocenters. The molecule has 0 bridgehead atoms. The molecular formula is C24H33N3O. The summed E-state index contributed by atoms with van der Waals surface area (Å²) in [5.41, 5.74) is 5.70. The Morgan fingerprint density at radius 1 is 1.04 bits per heavy atom. The van der Waals surface area contributed by atoms with Crippen LogP contribution in [-0.4, -0.2) is 41.9 Å². The van der Waals surface area contributed by atoms with Crippen molar-refractivity contribution >= 4 is 17.1 Å². The molecule has 4 heteroatoms. The van der Waals surface area contributed by atoms with E-state index in [2.05, 4.69) is 58.9 Å². The van der Waals surface area contributed by atoms with Gasteiger partial charge >= 0.3 is 0 Å². The van der Waals surface area contributed by atoms with Crippen LogP contribution in [0.4, 0.5) is 0 Å². The third-order valence-corrected chi connectivity index (χ3v) is 6.74. The second-order valence-electron chi connectivity index (χ2n) is 8.53. The number of hydrogen-bond donors (Lipinski definition) is 0. The summed E-state index contributed by atoms with van der Waals surface area (Å²) in [6.45, 7) is 6.98. The van der Waals surface area contributed by atoms with E-state index in [4.69, 9.17) is 4.84 Å². The topological polar surface area (TPSA) is 29.8 Å². The fourth-order valence-electron chi connectivity index (χ4n) is 5.09. The second kappa shape index (κ2) is 8.52. The number of allylic oxidation sites excluding steroid dienone is 2. The number of likely N-dealkylation sites (tertiary alicyclic amines) is 1. The van der Waals surface area contributed by atoms with Gasteiger partial charge in [-0.1, -0.05) is 34.5 Å². The van der Waals surface area contributed by atoms with E-state index in [9.17, 15) is 0 Å². The van der Waals surface area contributed by atoms with Gasteiger partial charge in [-0.2, -0.15) is 0 Å². The first-order valence-corrected chi connectivity index (χ1v) is 10.7. The molecule has 0 amide bonds. The molecule has 28 heavy (non-hydrogen) atoms. The van der Waals surface area contributed by atoms with Crippen molar-refractivity contribution in [2.45, 2.75) is 64.5 Å². The lowest BCUT2D eigenvalue weighted by atomic mass is 9.86. The largest absolute Gasteiger partial charge is 0.399 e. The summed E-state index contributed by atoms with van der Waals surface area (Å²) in [7, 11) is 1.59. The van der Waals surface area contributed by atoms with E-state index in [-0.39, 0.29) is 0 Å². The van der Waals surface area contributed by atoms with Gasteiger partial charge in [0.2, 0.25) is 0 Å². The average Bonchev–Trinajstić information content (AvgIpc) is 3.11. The summed E-state index contributed by atoms with van der Waals surface area (Å²) in [6.07, 6.45) is 11.8. The monoisotopic (exact) mass is 379 g/mol. The third kappa shape index (κ3) is 3.88. The number of aromatic nitrogens is 1. The summed E-state index contributed by atoms with van der Waals surface area (Å²) in [6, 6.07) is 10.0. The van der Waals surface area contributed by atoms with Crippen LogP contribution in [-0.2, 0) is 4.84 Å². The lowest BCUT2D eigenvalue weighted by Crippen LogP contribution is -2.42. The molecule has 2 heterocycles. The van der Waals surface area contributed by atoms with E-state index in [0.717, 1.165) is 11.6 Å². The Labute approximate surface area is 168 Å². The molecular weight excluding hydrogens is 346 g/mol. The van der Waals surface area contributed by atoms with Gasteiger partial charge in [-0.3, -0.25) is 0 Å². The molecule has 1 aromatic heterocycles. The lowest BCUT2D eigenvalue weighted by Gasteiger charge is -2.40. The maximum Gasteiger partial charge on any atom is 0.106 e. The normalized spacial score (nSPS) is 22.2. The predicted molar refractivity (Wildman–Crippen MR) is 117 cm³/mol. The Morgan fingerprint density at radius 3 is 2.43 bits per heavy atom. The Bertz CT molecular complexity index is 857. The molecule has 1 aromatic carbocycles. The van der Waals surface area contributed by atoms with Gasteiger partial charge in [0.05, 0.1) is 6.21 Å². The molecule has 0 N–H and O–H groups in total. The molecule has 1 aliphatic carbocycles. The van der Waals surface area contributed by atoms with Crippen LogP contribution in [0.15, 0.2) is 46.8 Å². The molecule has 1 aliphatic heterocycles. The molecule has 150 valence electrons. The van der Waals surface area contributed by atoms with E-state index >= 15 is 0 Å². The van der Waals surface area contributed by atoms with E-state index in [0.29, 0.717) is 6.04 Å². The number of oxime groups is 1. The third-order valence-electron chi connectivity index (χ3n) is 6.74. The van der Waals surface area contributed by atoms with Crippen LogP contribution in [0, 0.1) is 0 Å². The zero-order valence-electron chi connectivity index (χ0n) is 17.5. The Balaban J connectivity index is 1.44. The standard InChI is InChI=1S/C24H33N3O/c1-18(2)19-8-10-21(11-9-19)26-14-12-22(13-15-26)27-17-20(16-25-28-3)23-6-4-5-7-24(23)27/h4-7,16-17,21-22H,8-15H2,1-3H3/b25-16+. The van der Waals surface area contributed by atoms with Crippen LogP contribution in [0.25, 0.3) is 10.9 Å². The van der Waals surface area contributed by atoms with Crippen molar-refractivity contribution in [2.75, 3.05) is 20.2 Å². The predicted octanol–water partition coefficient (Wildman–Crippen LogP) is 5.54. The van der Waals surface area contributed by atoms with Crippen molar-refractivity contribution in [3.63, 3.8) is 0 Å². The highest BCUT2D eigenvalue weighted by atomic mass is 16.6. The minimum absolute atomic E-state index is 0.572. The molecule has 2 aliphatic rings. The van der Waals surface area contributed by atoms with Gasteiger partial charge in [0.25, 0.3) is 0 Å². The number of fused-ring (bicyclic) bond motifs is 1. The van der Waals surface area contributed by atoms with Crippen LogP contribution in [0.3, 0.4) is 0 Å². The van der Waals surface area contributed by atoms with Crippen molar-refractivity contribution in [2.24, 2.45) is 5.16 Å². The summed E-state index contributed by atoms with van der Waals surface area (Å²) in [5.74, 6) is 0. The molecule has 0 spiro atoms. The molecule has 0 unspecified atom stereocenters. The summed E-state index contributed by atoms with van der Waals surface area (Å²) < 4.78 is 2.48. The zero-order chi connectivity index (χ0) is 19.5. The molecule has 1 saturated heterocycles. The molecule has 0 radical (unpaired) electrons. The van der Waals surface area contributed by atoms with Crippen LogP contribution < -0.4 is 0 Å². The molecule has 2 fully saturated rings. The van der Waals surface area contributed by atoms with Crippen molar-refractivity contribution in [3.8, 4) is 0 Å². The second-order valence-corrected chi connectivity index (χ2v) is 8.53. The fraction of sp³-hybridized carbons (Fsp3) is 0.542. The number of benzene rings is 1. The van der Waals surface area contributed by atoms with Gasteiger partial charge < -0.3 is 14.3 Å². The maximum absolute atomic E-state index is 4.90. The number of hydrogen-bond acceptors (Lipinski definition) is 3. The lowest BCUT2D eigenvalue weighted by molar-refractivity contribution is 0.117. The van der Waals surface area contributed by atoms with Crippen LogP contribution >= 0.6 is 0 Å². The molecule has 4 rings (SSSR count). The van der Waals surface area contributed by atoms with Crippen LogP contribution in [0.1, 0.15) is 64.0 Å². The Hall–Kier alpha value is -2.07. The number of para-hydroxylation sites is 1. The van der Waals surface area contributed by atoms with Gasteiger partial charge in [-0.05, 0) is 58.4 Å². The Morgan fingerprint density at radius 2 is 1.75 bits per heavy atom. The molecule has 2 aromatic rings. The number of rotatable bonds is 4. The quantitative estimate of drug-likeness (QED) is 0.397. The highest BCUT2D eigenvalue weighted by Crippen LogP contribution is 2.34. The first kappa shape index (κ1) is 19.3. The van der Waals surface area contributed by atoms with Gasteiger partial charge in [-0.15, -0.1) is 0 Å². The van der Waals surface area contributed by atoms with E-state index in [1.165, 1.54) is 62.5 Å². The summed E-state index contributed by atoms with van der Waals surface area (Å²) >= 11 is 0. The van der Waals surface area contributed by atoms with Crippen LogP contribution in [0.2, 0.25) is 0 Å². The minimum atomic E-state index is 0.572. The number of piperidine rings is 1. The highest BCUT2D eigenvalue weighted by Gasteiger charge is 2.28. The number of nitrogens with zero attached hydrogens (tertiary/aromatic N) is 3. The first-order chi connectivity index (χ1) is 13.7. The first-order valence-electron chi connectivity index (χ1n) is 10.7. The van der Waals surface area contributed by atoms with Crippen molar-refractivity contribution < 1.29 is 4.84 Å². The Kier molecular flexibility index (Phi) is 5.86. The summed E-state index contributed by atoms with van der Waals surface area (Å²) in [4.78, 5) is 7.66. The van der Waals surface area contributed by atoms with Crippen molar-refractivity contribution in [3.05, 3.63) is 47.2 Å². The van der Waals surface area contributed by atoms with E-state index in [1.54, 1.807) is 18.3 Å². The van der Waals surface area contributed by atoms with E-state index < -0.39 is 0 Å². The SMILES string of the molecule is CO/N=C/c1cn(C2CCN(C3CCC(=C(C)C)CC3)CC2)c2ccccc12. The van der Waals surface area contributed by atoms with Crippen molar-refractivity contribution in [1.29, 1.82) is 0 Å².